The van der Waals surface area contributed by atoms with Crippen molar-refractivity contribution in [2.24, 2.45) is 0 Å². The van der Waals surface area contributed by atoms with Gasteiger partial charge in [0.15, 0.2) is 0 Å². The molecular weight excluding hydrogens is 189 g/mol. The minimum Gasteiger partial charge on any atom is -0.411 e. The van der Waals surface area contributed by atoms with E-state index in [1.54, 1.807) is 24.3 Å². The number of rotatable bonds is 2. The zero-order valence-corrected chi connectivity index (χ0v) is 7.20. The maximum atomic E-state index is 12.3. The van der Waals surface area contributed by atoms with Gasteiger partial charge in [-0.05, 0) is 11.6 Å². The number of hydrogen-bond acceptors (Lipinski definition) is 3. The van der Waals surface area contributed by atoms with Gasteiger partial charge in [-0.2, -0.15) is 5.48 Å². The lowest BCUT2D eigenvalue weighted by Gasteiger charge is -2.06. The predicted molar refractivity (Wildman–Crippen MR) is 44.7 cm³/mol. The fourth-order valence-corrected chi connectivity index (χ4v) is 1.21. The molecule has 1 unspecified atom stereocenters. The smallest absolute Gasteiger partial charge is 0.411 e. The van der Waals surface area contributed by atoms with Crippen LogP contribution < -0.4 is 5.48 Å². The van der Waals surface area contributed by atoms with Gasteiger partial charge in [-0.15, -0.1) is 0 Å². The Balaban J connectivity index is 2.19. The third kappa shape index (κ3) is 1.67. The lowest BCUT2D eigenvalue weighted by Crippen LogP contribution is -2.10. The molecule has 1 atom stereocenters. The molecule has 1 heterocycles. The molecule has 1 N–H and O–H groups in total. The van der Waals surface area contributed by atoms with Gasteiger partial charge in [0, 0.05) is 5.56 Å². The summed E-state index contributed by atoms with van der Waals surface area (Å²) in [7, 11) is 0. The van der Waals surface area contributed by atoms with Crippen LogP contribution in [0.4, 0.5) is 9.18 Å². The van der Waals surface area contributed by atoms with E-state index in [4.69, 9.17) is 9.57 Å². The van der Waals surface area contributed by atoms with Crippen LogP contribution in [0.2, 0.25) is 0 Å². The Morgan fingerprint density at radius 2 is 2.36 bits per heavy atom. The normalized spacial score (nSPS) is 20.4. The van der Waals surface area contributed by atoms with Crippen LogP contribution in [-0.4, -0.2) is 6.09 Å². The number of alkyl halides is 1. The maximum Gasteiger partial charge on any atom is 0.434 e. The topological polar surface area (TPSA) is 47.6 Å². The Kier molecular flexibility index (Phi) is 2.32. The third-order valence-electron chi connectivity index (χ3n) is 1.84. The van der Waals surface area contributed by atoms with Crippen molar-refractivity contribution in [2.45, 2.75) is 13.0 Å². The fourth-order valence-electron chi connectivity index (χ4n) is 1.21. The predicted octanol–water partition coefficient (Wildman–Crippen LogP) is 1.83. The molecule has 1 aromatic rings. The van der Waals surface area contributed by atoms with Gasteiger partial charge < -0.3 is 4.74 Å². The largest absolute Gasteiger partial charge is 0.434 e. The Morgan fingerprint density at radius 3 is 3.00 bits per heavy atom. The standard InChI is InChI=1S/C9H8FNO3/c10-5-6-2-1-3-7(4-6)8-13-9(12)11-14-8/h1-4,8H,5H2,(H,11,12). The Morgan fingerprint density at radius 1 is 1.50 bits per heavy atom. The average molecular weight is 197 g/mol. The van der Waals surface area contributed by atoms with Crippen molar-refractivity contribution in [3.8, 4) is 0 Å². The summed E-state index contributed by atoms with van der Waals surface area (Å²) in [6.45, 7) is -0.554. The van der Waals surface area contributed by atoms with Crippen molar-refractivity contribution in [1.29, 1.82) is 0 Å². The first-order valence-electron chi connectivity index (χ1n) is 4.06. The van der Waals surface area contributed by atoms with Gasteiger partial charge in [0.25, 0.3) is 6.29 Å². The first kappa shape index (κ1) is 8.96. The van der Waals surface area contributed by atoms with Crippen LogP contribution in [0.3, 0.4) is 0 Å². The first-order valence-corrected chi connectivity index (χ1v) is 4.06. The molecule has 0 radical (unpaired) electrons. The number of benzene rings is 1. The van der Waals surface area contributed by atoms with Crippen molar-refractivity contribution in [2.75, 3.05) is 0 Å². The Bertz CT molecular complexity index is 356. The number of nitrogens with one attached hydrogen (secondary N) is 1. The second kappa shape index (κ2) is 3.63. The number of amides is 1. The van der Waals surface area contributed by atoms with Crippen molar-refractivity contribution in [1.82, 2.24) is 5.48 Å². The van der Waals surface area contributed by atoms with E-state index in [1.165, 1.54) is 0 Å². The number of carbonyl (C=O) groups excluding carboxylic acids is 1. The molecular formula is C9H8FNO3. The molecule has 1 aromatic carbocycles. The van der Waals surface area contributed by atoms with E-state index in [-0.39, 0.29) is 0 Å². The zero-order chi connectivity index (χ0) is 9.97. The van der Waals surface area contributed by atoms with Crippen LogP contribution in [0.1, 0.15) is 17.4 Å². The van der Waals surface area contributed by atoms with Crippen LogP contribution in [0.5, 0.6) is 0 Å². The molecule has 0 bridgehead atoms. The molecule has 1 aliphatic rings. The highest BCUT2D eigenvalue weighted by atomic mass is 19.1. The molecule has 0 saturated carbocycles. The molecule has 1 fully saturated rings. The molecule has 5 heteroatoms. The van der Waals surface area contributed by atoms with Crippen molar-refractivity contribution < 1.29 is 18.8 Å². The van der Waals surface area contributed by atoms with E-state index in [0.29, 0.717) is 11.1 Å². The average Bonchev–Trinajstić information content (AvgIpc) is 2.65. The lowest BCUT2D eigenvalue weighted by atomic mass is 10.1. The summed E-state index contributed by atoms with van der Waals surface area (Å²) in [4.78, 5) is 15.5. The number of hydrogen-bond donors (Lipinski definition) is 1. The summed E-state index contributed by atoms with van der Waals surface area (Å²) in [6, 6.07) is 6.61. The molecule has 1 aliphatic heterocycles. The summed E-state index contributed by atoms with van der Waals surface area (Å²) < 4.78 is 17.1. The minimum atomic E-state index is -0.783. The number of cyclic esters (lactones) is 1. The van der Waals surface area contributed by atoms with Crippen LogP contribution in [0, 0.1) is 0 Å². The minimum absolute atomic E-state index is 0.522. The molecule has 1 saturated heterocycles. The molecule has 0 aliphatic carbocycles. The van der Waals surface area contributed by atoms with Gasteiger partial charge in [0.1, 0.15) is 6.67 Å². The van der Waals surface area contributed by atoms with Gasteiger partial charge >= 0.3 is 6.09 Å². The number of hydroxylamine groups is 1. The van der Waals surface area contributed by atoms with Gasteiger partial charge in [-0.1, -0.05) is 18.2 Å². The maximum absolute atomic E-state index is 12.3. The molecule has 2 rings (SSSR count). The quantitative estimate of drug-likeness (QED) is 0.786. The number of carbonyl (C=O) groups is 1. The summed E-state index contributed by atoms with van der Waals surface area (Å²) in [5.41, 5.74) is 3.18. The van der Waals surface area contributed by atoms with E-state index >= 15 is 0 Å². The SMILES string of the molecule is O=C1NOC(c2cccc(CF)c2)O1. The van der Waals surface area contributed by atoms with E-state index < -0.39 is 19.1 Å². The van der Waals surface area contributed by atoms with E-state index in [9.17, 15) is 9.18 Å². The fraction of sp³-hybridized carbons (Fsp3) is 0.222. The Hall–Kier alpha value is -1.62. The molecule has 14 heavy (non-hydrogen) atoms. The Labute approximate surface area is 79.6 Å². The van der Waals surface area contributed by atoms with E-state index in [2.05, 4.69) is 5.48 Å². The zero-order valence-electron chi connectivity index (χ0n) is 7.20. The molecule has 4 nitrogen and oxygen atoms in total. The van der Waals surface area contributed by atoms with Crippen molar-refractivity contribution >= 4 is 6.09 Å². The van der Waals surface area contributed by atoms with E-state index in [1.807, 2.05) is 0 Å². The molecule has 0 aromatic heterocycles. The monoisotopic (exact) mass is 197 g/mol. The van der Waals surface area contributed by atoms with Crippen molar-refractivity contribution in [3.05, 3.63) is 35.4 Å². The number of ether oxygens (including phenoxy) is 1. The highest BCUT2D eigenvalue weighted by Crippen LogP contribution is 2.22. The molecule has 74 valence electrons. The van der Waals surface area contributed by atoms with Gasteiger partial charge in [0.2, 0.25) is 0 Å². The summed E-state index contributed by atoms with van der Waals surface area (Å²) >= 11 is 0. The second-order valence-electron chi connectivity index (χ2n) is 2.84. The van der Waals surface area contributed by atoms with Gasteiger partial charge in [-0.25, -0.2) is 14.0 Å². The summed E-state index contributed by atoms with van der Waals surface area (Å²) in [6.07, 6.45) is -1.42. The number of halogens is 1. The van der Waals surface area contributed by atoms with Crippen LogP contribution >= 0.6 is 0 Å². The molecule has 0 spiro atoms. The lowest BCUT2D eigenvalue weighted by molar-refractivity contribution is -0.0605. The van der Waals surface area contributed by atoms with Crippen LogP contribution in [0.15, 0.2) is 24.3 Å². The third-order valence-corrected chi connectivity index (χ3v) is 1.84. The highest BCUT2D eigenvalue weighted by Gasteiger charge is 2.25. The van der Waals surface area contributed by atoms with Gasteiger partial charge in [-0.3, -0.25) is 0 Å². The van der Waals surface area contributed by atoms with Crippen LogP contribution in [0.25, 0.3) is 0 Å². The van der Waals surface area contributed by atoms with Crippen LogP contribution in [-0.2, 0) is 16.2 Å². The van der Waals surface area contributed by atoms with E-state index in [0.717, 1.165) is 0 Å². The highest BCUT2D eigenvalue weighted by molar-refractivity contribution is 5.67. The summed E-state index contributed by atoms with van der Waals surface area (Å²) in [5, 5.41) is 0. The first-order chi connectivity index (χ1) is 6.79. The van der Waals surface area contributed by atoms with Crippen molar-refractivity contribution in [3.63, 3.8) is 0 Å². The molecule has 1 amide bonds. The second-order valence-corrected chi connectivity index (χ2v) is 2.84. The summed E-state index contributed by atoms with van der Waals surface area (Å²) in [5.74, 6) is 0. The van der Waals surface area contributed by atoms with Gasteiger partial charge in [0.05, 0.1) is 0 Å².